The van der Waals surface area contributed by atoms with Gasteiger partial charge in [0, 0.05) is 44.8 Å². The quantitative estimate of drug-likeness (QED) is 0.685. The second kappa shape index (κ2) is 6.38. The Kier molecular flexibility index (Phi) is 5.46. The van der Waals surface area contributed by atoms with Gasteiger partial charge < -0.3 is 5.32 Å². The average molecular weight is 225 g/mol. The van der Waals surface area contributed by atoms with Crippen LogP contribution in [0.1, 0.15) is 20.8 Å². The summed E-state index contributed by atoms with van der Waals surface area (Å²) in [6, 6.07) is 0. The van der Waals surface area contributed by atoms with Crippen LogP contribution >= 0.6 is 0 Å². The van der Waals surface area contributed by atoms with Crippen molar-refractivity contribution in [1.82, 2.24) is 15.1 Å². The van der Waals surface area contributed by atoms with Crippen molar-refractivity contribution in [3.8, 4) is 0 Å². The number of rotatable bonds is 6. The first-order valence-electron chi connectivity index (χ1n) is 6.39. The summed E-state index contributed by atoms with van der Waals surface area (Å²) in [5, 5.41) is 3.41. The van der Waals surface area contributed by atoms with E-state index in [0.29, 0.717) is 0 Å². The molecule has 0 unspecified atom stereocenters. The van der Waals surface area contributed by atoms with E-state index in [0.717, 1.165) is 32.7 Å². The molecular weight excluding hydrogens is 198 g/mol. The molecule has 0 atom stereocenters. The van der Waals surface area contributed by atoms with Gasteiger partial charge in [-0.2, -0.15) is 0 Å². The maximum Gasteiger partial charge on any atom is 0.0281 e. The number of likely N-dealkylation sites (N-methyl/N-ethyl adjacent to an activating group) is 1. The van der Waals surface area contributed by atoms with Crippen molar-refractivity contribution in [2.45, 2.75) is 26.3 Å². The summed E-state index contributed by atoms with van der Waals surface area (Å²) in [5.74, 6) is 0. The molecule has 16 heavy (non-hydrogen) atoms. The van der Waals surface area contributed by atoms with E-state index in [1.165, 1.54) is 13.1 Å². The van der Waals surface area contributed by atoms with Crippen molar-refractivity contribution in [3.63, 3.8) is 0 Å². The van der Waals surface area contributed by atoms with E-state index in [9.17, 15) is 0 Å². The fourth-order valence-corrected chi connectivity index (χ4v) is 2.41. The molecule has 0 aromatic heterocycles. The first-order chi connectivity index (χ1) is 7.60. The van der Waals surface area contributed by atoms with Gasteiger partial charge in [0.05, 0.1) is 0 Å². The van der Waals surface area contributed by atoms with Crippen molar-refractivity contribution in [2.75, 3.05) is 45.8 Å². The third kappa shape index (κ3) is 3.89. The van der Waals surface area contributed by atoms with E-state index < -0.39 is 0 Å². The molecule has 0 bridgehead atoms. The van der Waals surface area contributed by atoms with Crippen LogP contribution in [0.3, 0.4) is 0 Å². The summed E-state index contributed by atoms with van der Waals surface area (Å²) in [7, 11) is 0. The molecular formula is C13H27N3. The Morgan fingerprint density at radius 2 is 2.00 bits per heavy atom. The molecule has 0 amide bonds. The summed E-state index contributed by atoms with van der Waals surface area (Å²) in [6.07, 6.45) is 2.00. The fourth-order valence-electron chi connectivity index (χ4n) is 2.41. The molecule has 1 saturated heterocycles. The highest BCUT2D eigenvalue weighted by atomic mass is 15.3. The highest BCUT2D eigenvalue weighted by Gasteiger charge is 2.29. The van der Waals surface area contributed by atoms with E-state index in [1.807, 2.05) is 6.08 Å². The van der Waals surface area contributed by atoms with E-state index in [2.05, 4.69) is 42.5 Å². The molecule has 0 aliphatic carbocycles. The van der Waals surface area contributed by atoms with Crippen molar-refractivity contribution >= 4 is 0 Å². The number of hydrogen-bond donors (Lipinski definition) is 1. The molecule has 1 N–H and O–H groups in total. The van der Waals surface area contributed by atoms with E-state index in [4.69, 9.17) is 0 Å². The Hall–Kier alpha value is -0.380. The van der Waals surface area contributed by atoms with Crippen LogP contribution in [0.2, 0.25) is 0 Å². The zero-order valence-corrected chi connectivity index (χ0v) is 11.1. The molecule has 0 radical (unpaired) electrons. The van der Waals surface area contributed by atoms with Crippen LogP contribution in [-0.2, 0) is 0 Å². The van der Waals surface area contributed by atoms with Gasteiger partial charge >= 0.3 is 0 Å². The predicted octanol–water partition coefficient (Wildman–Crippen LogP) is 1.18. The standard InChI is InChI=1S/C13H27N3/c1-5-9-15(6-2)12-13(3,4)16-10-7-14-8-11-16/h5,14H,1,6-12H2,2-4H3. The second-order valence-electron chi connectivity index (χ2n) is 5.17. The first kappa shape index (κ1) is 13.7. The van der Waals surface area contributed by atoms with Gasteiger partial charge in [-0.3, -0.25) is 9.80 Å². The molecule has 1 aliphatic rings. The summed E-state index contributed by atoms with van der Waals surface area (Å²) in [6.45, 7) is 18.5. The van der Waals surface area contributed by atoms with E-state index in [-0.39, 0.29) is 5.54 Å². The molecule has 94 valence electrons. The minimum atomic E-state index is 0.265. The smallest absolute Gasteiger partial charge is 0.0281 e. The zero-order valence-electron chi connectivity index (χ0n) is 11.1. The molecule has 3 heteroatoms. The van der Waals surface area contributed by atoms with E-state index >= 15 is 0 Å². The highest BCUT2D eigenvalue weighted by Crippen LogP contribution is 2.16. The summed E-state index contributed by atoms with van der Waals surface area (Å²) in [5.41, 5.74) is 0.265. The second-order valence-corrected chi connectivity index (χ2v) is 5.17. The number of piperazine rings is 1. The normalized spacial score (nSPS) is 19.0. The summed E-state index contributed by atoms with van der Waals surface area (Å²) >= 11 is 0. The van der Waals surface area contributed by atoms with Gasteiger partial charge in [0.15, 0.2) is 0 Å². The van der Waals surface area contributed by atoms with Crippen molar-refractivity contribution in [2.24, 2.45) is 0 Å². The molecule has 0 spiro atoms. The number of nitrogens with zero attached hydrogens (tertiary/aromatic N) is 2. The monoisotopic (exact) mass is 225 g/mol. The average Bonchev–Trinajstić information content (AvgIpc) is 2.29. The van der Waals surface area contributed by atoms with Crippen LogP contribution in [-0.4, -0.2) is 61.2 Å². The maximum atomic E-state index is 3.83. The van der Waals surface area contributed by atoms with E-state index in [1.54, 1.807) is 0 Å². The number of hydrogen-bond acceptors (Lipinski definition) is 3. The first-order valence-corrected chi connectivity index (χ1v) is 6.39. The molecule has 1 rings (SSSR count). The third-order valence-electron chi connectivity index (χ3n) is 3.42. The van der Waals surface area contributed by atoms with Gasteiger partial charge in [-0.1, -0.05) is 13.0 Å². The SMILES string of the molecule is C=CCN(CC)CC(C)(C)N1CCNCC1. The van der Waals surface area contributed by atoms with Crippen molar-refractivity contribution in [3.05, 3.63) is 12.7 Å². The molecule has 0 saturated carbocycles. The Labute approximate surface area is 100 Å². The van der Waals surface area contributed by atoms with Gasteiger partial charge in [-0.05, 0) is 20.4 Å². The lowest BCUT2D eigenvalue weighted by atomic mass is 10.0. The van der Waals surface area contributed by atoms with Crippen LogP contribution in [0.4, 0.5) is 0 Å². The Morgan fingerprint density at radius 1 is 1.38 bits per heavy atom. The fraction of sp³-hybridized carbons (Fsp3) is 0.846. The van der Waals surface area contributed by atoms with Crippen LogP contribution in [0.5, 0.6) is 0 Å². The van der Waals surface area contributed by atoms with Gasteiger partial charge in [0.25, 0.3) is 0 Å². The van der Waals surface area contributed by atoms with Crippen LogP contribution < -0.4 is 5.32 Å². The lowest BCUT2D eigenvalue weighted by Gasteiger charge is -2.43. The Bertz CT molecular complexity index is 207. The predicted molar refractivity (Wildman–Crippen MR) is 70.8 cm³/mol. The maximum absolute atomic E-state index is 3.83. The topological polar surface area (TPSA) is 18.5 Å². The Morgan fingerprint density at radius 3 is 2.50 bits per heavy atom. The molecule has 1 fully saturated rings. The van der Waals surface area contributed by atoms with Crippen molar-refractivity contribution in [1.29, 1.82) is 0 Å². The highest BCUT2D eigenvalue weighted by molar-refractivity contribution is 4.88. The lowest BCUT2D eigenvalue weighted by molar-refractivity contribution is 0.0685. The summed E-state index contributed by atoms with van der Waals surface area (Å²) < 4.78 is 0. The van der Waals surface area contributed by atoms with Gasteiger partial charge in [0.1, 0.15) is 0 Å². The molecule has 0 aromatic rings. The number of nitrogens with one attached hydrogen (secondary N) is 1. The van der Waals surface area contributed by atoms with Crippen LogP contribution in [0.25, 0.3) is 0 Å². The molecule has 3 nitrogen and oxygen atoms in total. The Balaban J connectivity index is 2.50. The van der Waals surface area contributed by atoms with Crippen LogP contribution in [0, 0.1) is 0 Å². The largest absolute Gasteiger partial charge is 0.314 e. The third-order valence-corrected chi connectivity index (χ3v) is 3.42. The molecule has 1 aliphatic heterocycles. The molecule has 0 aromatic carbocycles. The zero-order chi connectivity index (χ0) is 12.0. The molecule has 1 heterocycles. The van der Waals surface area contributed by atoms with Crippen molar-refractivity contribution < 1.29 is 0 Å². The minimum Gasteiger partial charge on any atom is -0.314 e. The minimum absolute atomic E-state index is 0.265. The van der Waals surface area contributed by atoms with Gasteiger partial charge in [-0.15, -0.1) is 6.58 Å². The lowest BCUT2D eigenvalue weighted by Crippen LogP contribution is -2.57. The van der Waals surface area contributed by atoms with Gasteiger partial charge in [-0.25, -0.2) is 0 Å². The summed E-state index contributed by atoms with van der Waals surface area (Å²) in [4.78, 5) is 5.05. The van der Waals surface area contributed by atoms with Gasteiger partial charge in [0.2, 0.25) is 0 Å². The van der Waals surface area contributed by atoms with Crippen LogP contribution in [0.15, 0.2) is 12.7 Å².